The van der Waals surface area contributed by atoms with Gasteiger partial charge in [0.2, 0.25) is 0 Å². The molecule has 2 heterocycles. The van der Waals surface area contributed by atoms with Crippen molar-refractivity contribution in [3.63, 3.8) is 0 Å². The number of nitrogens with zero attached hydrogens (tertiary/aromatic N) is 4. The second-order valence-corrected chi connectivity index (χ2v) is 4.98. The number of H-pyrrole nitrogens is 1. The van der Waals surface area contributed by atoms with Crippen LogP contribution < -0.4 is 10.9 Å². The van der Waals surface area contributed by atoms with Crippen molar-refractivity contribution < 1.29 is 13.2 Å². The number of anilines is 1. The minimum Gasteiger partial charge on any atom is -0.373 e. The van der Waals surface area contributed by atoms with Crippen LogP contribution in [0.1, 0.15) is 18.8 Å². The van der Waals surface area contributed by atoms with Crippen LogP contribution in [0.25, 0.3) is 0 Å². The molecule has 2 aromatic rings. The molecule has 2 aromatic heterocycles. The number of alkyl halides is 3. The van der Waals surface area contributed by atoms with Gasteiger partial charge in [0.05, 0.1) is 17.9 Å². The summed E-state index contributed by atoms with van der Waals surface area (Å²) in [6.07, 6.45) is -2.05. The van der Waals surface area contributed by atoms with E-state index >= 15 is 0 Å². The molecule has 1 atom stereocenters. The fourth-order valence-corrected chi connectivity index (χ4v) is 1.99. The van der Waals surface area contributed by atoms with E-state index in [1.165, 1.54) is 6.33 Å². The number of hydrogen-bond donors (Lipinski definition) is 2. The molecule has 1 unspecified atom stereocenters. The maximum atomic E-state index is 12.3. The Bertz CT molecular complexity index is 668. The smallest absolute Gasteiger partial charge is 0.373 e. The highest BCUT2D eigenvalue weighted by atomic mass is 79.9. The number of aromatic amines is 1. The van der Waals surface area contributed by atoms with Crippen LogP contribution in [0.2, 0.25) is 0 Å². The van der Waals surface area contributed by atoms with Gasteiger partial charge in [-0.2, -0.15) is 23.4 Å². The summed E-state index contributed by atoms with van der Waals surface area (Å²) in [5.41, 5.74) is -0.607. The van der Waals surface area contributed by atoms with E-state index in [1.54, 1.807) is 6.92 Å². The monoisotopic (exact) mass is 366 g/mol. The predicted octanol–water partition coefficient (Wildman–Crippen LogP) is 1.86. The molecule has 21 heavy (non-hydrogen) atoms. The zero-order valence-corrected chi connectivity index (χ0v) is 12.2. The van der Waals surface area contributed by atoms with Gasteiger partial charge < -0.3 is 5.32 Å². The first kappa shape index (κ1) is 15.5. The Morgan fingerprint density at radius 2 is 2.24 bits per heavy atom. The molecule has 0 saturated carbocycles. The highest BCUT2D eigenvalue weighted by Crippen LogP contribution is 2.22. The van der Waals surface area contributed by atoms with E-state index in [1.807, 2.05) is 0 Å². The van der Waals surface area contributed by atoms with Crippen molar-refractivity contribution in [1.29, 1.82) is 0 Å². The molecule has 7 nitrogen and oxygen atoms in total. The van der Waals surface area contributed by atoms with Crippen molar-refractivity contribution in [3.8, 4) is 0 Å². The molecule has 0 fully saturated rings. The minimum atomic E-state index is -4.52. The van der Waals surface area contributed by atoms with E-state index in [0.29, 0.717) is 10.5 Å². The van der Waals surface area contributed by atoms with E-state index in [-0.39, 0.29) is 16.2 Å². The van der Waals surface area contributed by atoms with Gasteiger partial charge in [0.25, 0.3) is 5.56 Å². The largest absolute Gasteiger partial charge is 0.408 e. The molecule has 0 aliphatic carbocycles. The molecule has 0 amide bonds. The normalized spacial score (nSPS) is 13.2. The predicted molar refractivity (Wildman–Crippen MR) is 70.7 cm³/mol. The summed E-state index contributed by atoms with van der Waals surface area (Å²) in [4.78, 5) is 15.7. The Hall–Kier alpha value is -1.91. The molecule has 2 N–H and O–H groups in total. The number of halogens is 4. The molecule has 0 saturated heterocycles. The molecule has 0 aliphatic heterocycles. The Labute approximate surface area is 124 Å². The summed E-state index contributed by atoms with van der Waals surface area (Å²) < 4.78 is 37.2. The Kier molecular flexibility index (Phi) is 4.30. The van der Waals surface area contributed by atoms with E-state index in [4.69, 9.17) is 0 Å². The molecule has 2 rings (SSSR count). The lowest BCUT2D eigenvalue weighted by atomic mass is 10.3. The van der Waals surface area contributed by atoms with E-state index in [0.717, 1.165) is 6.20 Å². The zero-order valence-electron chi connectivity index (χ0n) is 10.6. The summed E-state index contributed by atoms with van der Waals surface area (Å²) >= 11 is 2.98. The highest BCUT2D eigenvalue weighted by molar-refractivity contribution is 9.10. The van der Waals surface area contributed by atoms with Gasteiger partial charge in [0.15, 0.2) is 0 Å². The summed E-state index contributed by atoms with van der Waals surface area (Å²) in [6.45, 7) is 0.302. The second kappa shape index (κ2) is 5.84. The molecule has 114 valence electrons. The molecule has 11 heteroatoms. The van der Waals surface area contributed by atoms with E-state index in [2.05, 4.69) is 41.5 Å². The Balaban J connectivity index is 2.23. The summed E-state index contributed by atoms with van der Waals surface area (Å²) in [5, 5.41) is 12.7. The molecular weight excluding hydrogens is 357 g/mol. The van der Waals surface area contributed by atoms with Gasteiger partial charge in [-0.05, 0) is 22.9 Å². The fraction of sp³-hybridized carbons (Fsp3) is 0.400. The van der Waals surface area contributed by atoms with Crippen LogP contribution in [0.4, 0.5) is 18.9 Å². The van der Waals surface area contributed by atoms with Crippen LogP contribution in [0, 0.1) is 0 Å². The molecular formula is C10H10BrF3N6O. The van der Waals surface area contributed by atoms with Crippen molar-refractivity contribution in [2.75, 3.05) is 5.32 Å². The number of rotatable bonds is 4. The lowest BCUT2D eigenvalue weighted by molar-refractivity contribution is -0.143. The summed E-state index contributed by atoms with van der Waals surface area (Å²) in [5.74, 6) is 0.515. The third-order valence-electron chi connectivity index (χ3n) is 2.53. The van der Waals surface area contributed by atoms with Crippen molar-refractivity contribution in [2.45, 2.75) is 25.7 Å². The third kappa shape index (κ3) is 3.80. The number of nitrogens with one attached hydrogen (secondary N) is 2. The summed E-state index contributed by atoms with van der Waals surface area (Å²) in [7, 11) is 0. The third-order valence-corrected chi connectivity index (χ3v) is 3.30. The molecule has 0 bridgehead atoms. The minimum absolute atomic E-state index is 0.0342. The second-order valence-electron chi connectivity index (χ2n) is 4.19. The first-order valence-corrected chi connectivity index (χ1v) is 6.51. The molecule has 0 spiro atoms. The standard InChI is InChI=1S/C10H10BrF3N6O/c1-5(8-15-4-16-19-8)18-6-2-17-20(3-10(12,13)14)9(21)7(6)11/h2,4-5,18H,3H2,1H3,(H,15,16,19). The molecule has 0 aliphatic rings. The molecule has 0 aromatic carbocycles. The van der Waals surface area contributed by atoms with Crippen LogP contribution >= 0.6 is 15.9 Å². The maximum absolute atomic E-state index is 12.3. The average molecular weight is 367 g/mol. The zero-order chi connectivity index (χ0) is 15.6. The van der Waals surface area contributed by atoms with Crippen molar-refractivity contribution >= 4 is 21.6 Å². The quantitative estimate of drug-likeness (QED) is 0.861. The highest BCUT2D eigenvalue weighted by Gasteiger charge is 2.29. The van der Waals surface area contributed by atoms with Gasteiger partial charge in [-0.15, -0.1) is 0 Å². The van der Waals surface area contributed by atoms with Gasteiger partial charge in [-0.1, -0.05) is 0 Å². The van der Waals surface area contributed by atoms with Gasteiger partial charge in [-0.25, -0.2) is 9.67 Å². The van der Waals surface area contributed by atoms with Crippen LogP contribution in [0.5, 0.6) is 0 Å². The Morgan fingerprint density at radius 1 is 1.52 bits per heavy atom. The lowest BCUT2D eigenvalue weighted by Crippen LogP contribution is -2.31. The SMILES string of the molecule is CC(Nc1cnn(CC(F)(F)F)c(=O)c1Br)c1ncn[nH]1. The van der Waals surface area contributed by atoms with Crippen LogP contribution in [-0.2, 0) is 6.54 Å². The topological polar surface area (TPSA) is 88.5 Å². The van der Waals surface area contributed by atoms with Gasteiger partial charge in [-0.3, -0.25) is 9.89 Å². The number of hydrogen-bond acceptors (Lipinski definition) is 5. The van der Waals surface area contributed by atoms with Crippen LogP contribution in [-0.4, -0.2) is 31.1 Å². The van der Waals surface area contributed by atoms with Gasteiger partial charge >= 0.3 is 6.18 Å². The fourth-order valence-electron chi connectivity index (χ4n) is 1.57. The average Bonchev–Trinajstić information content (AvgIpc) is 2.91. The maximum Gasteiger partial charge on any atom is 0.408 e. The first-order valence-electron chi connectivity index (χ1n) is 5.72. The van der Waals surface area contributed by atoms with Crippen molar-refractivity contribution in [3.05, 3.63) is 33.2 Å². The first-order chi connectivity index (χ1) is 9.78. The Morgan fingerprint density at radius 3 is 2.81 bits per heavy atom. The lowest BCUT2D eigenvalue weighted by Gasteiger charge is -2.15. The van der Waals surface area contributed by atoms with Crippen molar-refractivity contribution in [2.24, 2.45) is 0 Å². The van der Waals surface area contributed by atoms with Crippen LogP contribution in [0.3, 0.4) is 0 Å². The van der Waals surface area contributed by atoms with E-state index in [9.17, 15) is 18.0 Å². The van der Waals surface area contributed by atoms with Gasteiger partial charge in [0.1, 0.15) is 23.2 Å². The van der Waals surface area contributed by atoms with Crippen LogP contribution in [0.15, 0.2) is 21.8 Å². The summed E-state index contributed by atoms with van der Waals surface area (Å²) in [6, 6.07) is -0.330. The van der Waals surface area contributed by atoms with Crippen molar-refractivity contribution in [1.82, 2.24) is 25.0 Å². The number of aromatic nitrogens is 5. The van der Waals surface area contributed by atoms with E-state index < -0.39 is 18.3 Å². The molecule has 0 radical (unpaired) electrons. The van der Waals surface area contributed by atoms with Gasteiger partial charge in [0, 0.05) is 0 Å².